The number of nitrogens with zero attached hydrogens (tertiary/aromatic N) is 4. The maximum Gasteiger partial charge on any atom is 0.291 e. The molecule has 1 aliphatic rings. The summed E-state index contributed by atoms with van der Waals surface area (Å²) in [7, 11) is 1.67. The van der Waals surface area contributed by atoms with E-state index in [9.17, 15) is 0 Å². The Morgan fingerprint density at radius 2 is 2.04 bits per heavy atom. The lowest BCUT2D eigenvalue weighted by molar-refractivity contribution is 0.154. The molecule has 1 aliphatic heterocycles. The summed E-state index contributed by atoms with van der Waals surface area (Å²) in [5, 5.41) is 14.4. The van der Waals surface area contributed by atoms with E-state index in [1.165, 1.54) is 0 Å². The van der Waals surface area contributed by atoms with Gasteiger partial charge in [0.25, 0.3) is 12.0 Å². The van der Waals surface area contributed by atoms with Crippen molar-refractivity contribution in [3.05, 3.63) is 24.3 Å². The van der Waals surface area contributed by atoms with Crippen molar-refractivity contribution in [2.24, 2.45) is 4.99 Å². The van der Waals surface area contributed by atoms with Gasteiger partial charge in [0.2, 0.25) is 0 Å². The fourth-order valence-corrected chi connectivity index (χ4v) is 2.25. The molecule has 0 bridgehead atoms. The van der Waals surface area contributed by atoms with Gasteiger partial charge in [-0.15, -0.1) is 10.2 Å². The number of piperidine rings is 1. The number of amidine groups is 1. The maximum atomic E-state index is 5.83. The van der Waals surface area contributed by atoms with Crippen molar-refractivity contribution in [1.29, 1.82) is 0 Å². The summed E-state index contributed by atoms with van der Waals surface area (Å²) in [6.07, 6.45) is 2.25. The van der Waals surface area contributed by atoms with Gasteiger partial charge >= 0.3 is 0 Å². The number of aliphatic imine (C=N–C) groups is 1. The predicted molar refractivity (Wildman–Crippen MR) is 92.6 cm³/mol. The number of anilines is 1. The number of hydrogen-bond donors (Lipinski definition) is 2. The van der Waals surface area contributed by atoms with Crippen LogP contribution in [0.2, 0.25) is 0 Å². The molecule has 1 aromatic carbocycles. The zero-order chi connectivity index (χ0) is 16.5. The minimum Gasteiger partial charge on any atom is -0.460 e. The first kappa shape index (κ1) is 17.1. The third-order valence-corrected chi connectivity index (χ3v) is 3.31. The quantitative estimate of drug-likeness (QED) is 0.653. The summed E-state index contributed by atoms with van der Waals surface area (Å²) in [5.41, 5.74) is 1.54. The SMILES string of the molecule is CC.CN=C(Nc1nnc2ccccc2n1)OC1CCCNC1. The van der Waals surface area contributed by atoms with E-state index in [4.69, 9.17) is 4.74 Å². The minimum absolute atomic E-state index is 0.123. The van der Waals surface area contributed by atoms with Gasteiger partial charge in [0, 0.05) is 13.6 Å². The average molecular weight is 316 g/mol. The lowest BCUT2D eigenvalue weighted by Gasteiger charge is -2.24. The van der Waals surface area contributed by atoms with E-state index in [1.54, 1.807) is 7.05 Å². The first-order valence-electron chi connectivity index (χ1n) is 8.06. The molecule has 0 aliphatic carbocycles. The summed E-state index contributed by atoms with van der Waals surface area (Å²) in [6, 6.07) is 8.01. The Bertz CT molecular complexity index is 639. The Kier molecular flexibility index (Phi) is 6.68. The van der Waals surface area contributed by atoms with Crippen molar-refractivity contribution in [2.45, 2.75) is 32.8 Å². The van der Waals surface area contributed by atoms with Crippen LogP contribution in [0.15, 0.2) is 29.3 Å². The second-order valence-corrected chi connectivity index (χ2v) is 4.86. The smallest absolute Gasteiger partial charge is 0.291 e. The number of aromatic nitrogens is 3. The summed E-state index contributed by atoms with van der Waals surface area (Å²) in [5.74, 6) is 0.387. The van der Waals surface area contributed by atoms with Crippen molar-refractivity contribution in [3.8, 4) is 0 Å². The largest absolute Gasteiger partial charge is 0.460 e. The van der Waals surface area contributed by atoms with E-state index in [2.05, 4.69) is 30.8 Å². The normalized spacial score (nSPS) is 18.0. The first-order chi connectivity index (χ1) is 11.3. The number of hydrogen-bond acceptors (Lipinski definition) is 6. The molecule has 3 rings (SSSR count). The molecule has 7 heteroatoms. The zero-order valence-corrected chi connectivity index (χ0v) is 13.9. The Balaban J connectivity index is 0.000000924. The molecule has 2 aromatic rings. The fraction of sp³-hybridized carbons (Fsp3) is 0.500. The predicted octanol–water partition coefficient (Wildman–Crippen LogP) is 2.22. The molecule has 1 atom stereocenters. The second-order valence-electron chi connectivity index (χ2n) is 4.86. The highest BCUT2D eigenvalue weighted by Gasteiger charge is 2.16. The molecule has 0 spiro atoms. The van der Waals surface area contributed by atoms with E-state index in [0.29, 0.717) is 12.0 Å². The monoisotopic (exact) mass is 316 g/mol. The summed E-state index contributed by atoms with van der Waals surface area (Å²) < 4.78 is 5.83. The van der Waals surface area contributed by atoms with Crippen LogP contribution in [0.5, 0.6) is 0 Å². The molecule has 7 nitrogen and oxygen atoms in total. The number of fused-ring (bicyclic) bond motifs is 1. The van der Waals surface area contributed by atoms with Gasteiger partial charge in [-0.3, -0.25) is 5.32 Å². The maximum absolute atomic E-state index is 5.83. The number of ether oxygens (including phenoxy) is 1. The molecule has 1 aromatic heterocycles. The Labute approximate surface area is 136 Å². The third-order valence-electron chi connectivity index (χ3n) is 3.31. The zero-order valence-electron chi connectivity index (χ0n) is 13.9. The van der Waals surface area contributed by atoms with E-state index < -0.39 is 0 Å². The lowest BCUT2D eigenvalue weighted by Crippen LogP contribution is -2.38. The Morgan fingerprint density at radius 1 is 1.26 bits per heavy atom. The highest BCUT2D eigenvalue weighted by Crippen LogP contribution is 2.10. The fourth-order valence-electron chi connectivity index (χ4n) is 2.25. The first-order valence-corrected chi connectivity index (χ1v) is 8.06. The molecule has 23 heavy (non-hydrogen) atoms. The van der Waals surface area contributed by atoms with Gasteiger partial charge in [0.15, 0.2) is 0 Å². The van der Waals surface area contributed by atoms with Crippen LogP contribution in [-0.4, -0.2) is 47.4 Å². The van der Waals surface area contributed by atoms with E-state index in [-0.39, 0.29) is 6.10 Å². The van der Waals surface area contributed by atoms with Crippen molar-refractivity contribution in [2.75, 3.05) is 25.5 Å². The van der Waals surface area contributed by atoms with E-state index in [0.717, 1.165) is 37.0 Å². The number of para-hydroxylation sites is 1. The van der Waals surface area contributed by atoms with Crippen LogP contribution in [0.4, 0.5) is 5.95 Å². The van der Waals surface area contributed by atoms with Gasteiger partial charge in [-0.05, 0) is 31.5 Å². The molecule has 124 valence electrons. The molecular weight excluding hydrogens is 292 g/mol. The second kappa shape index (κ2) is 8.99. The van der Waals surface area contributed by atoms with Crippen LogP contribution in [-0.2, 0) is 4.74 Å². The molecule has 2 N–H and O–H groups in total. The third kappa shape index (κ3) is 4.85. The van der Waals surface area contributed by atoms with Crippen LogP contribution in [0.3, 0.4) is 0 Å². The van der Waals surface area contributed by atoms with E-state index >= 15 is 0 Å². The highest BCUT2D eigenvalue weighted by atomic mass is 16.5. The number of rotatable bonds is 2. The molecular formula is C16H24N6O. The Morgan fingerprint density at radius 3 is 2.74 bits per heavy atom. The standard InChI is InChI=1S/C14H18N6O.C2H6/c1-15-14(21-10-5-4-8-16-9-10)18-13-17-11-6-2-3-7-12(11)19-20-13;1-2/h2-3,6-7,10,16H,4-5,8-9H2,1H3,(H,15,17,18,20);1-2H3. The van der Waals surface area contributed by atoms with Crippen molar-refractivity contribution in [3.63, 3.8) is 0 Å². The molecule has 0 saturated carbocycles. The average Bonchev–Trinajstić information content (AvgIpc) is 2.63. The molecule has 1 unspecified atom stereocenters. The molecule has 0 radical (unpaired) electrons. The lowest BCUT2D eigenvalue weighted by atomic mass is 10.1. The minimum atomic E-state index is 0.123. The topological polar surface area (TPSA) is 84.3 Å². The van der Waals surface area contributed by atoms with Gasteiger partial charge in [0.1, 0.15) is 11.6 Å². The van der Waals surface area contributed by atoms with Gasteiger partial charge < -0.3 is 10.1 Å². The van der Waals surface area contributed by atoms with Gasteiger partial charge in [0.05, 0.1) is 5.52 Å². The van der Waals surface area contributed by atoms with Gasteiger partial charge in [-0.1, -0.05) is 26.0 Å². The number of benzene rings is 1. The molecule has 1 saturated heterocycles. The van der Waals surface area contributed by atoms with Crippen molar-refractivity contribution >= 4 is 23.0 Å². The van der Waals surface area contributed by atoms with Crippen LogP contribution in [0, 0.1) is 0 Å². The molecule has 2 heterocycles. The Hall–Kier alpha value is -2.28. The highest BCUT2D eigenvalue weighted by molar-refractivity contribution is 5.88. The van der Waals surface area contributed by atoms with Crippen LogP contribution >= 0.6 is 0 Å². The van der Waals surface area contributed by atoms with Gasteiger partial charge in [-0.2, -0.15) is 0 Å². The van der Waals surface area contributed by atoms with Crippen molar-refractivity contribution in [1.82, 2.24) is 20.5 Å². The summed E-state index contributed by atoms with van der Waals surface area (Å²) in [6.45, 7) is 5.88. The summed E-state index contributed by atoms with van der Waals surface area (Å²) >= 11 is 0. The molecule has 0 amide bonds. The van der Waals surface area contributed by atoms with Crippen LogP contribution < -0.4 is 10.6 Å². The molecule has 1 fully saturated rings. The van der Waals surface area contributed by atoms with E-state index in [1.807, 2.05) is 38.1 Å². The van der Waals surface area contributed by atoms with Crippen LogP contribution in [0.1, 0.15) is 26.7 Å². The van der Waals surface area contributed by atoms with Crippen molar-refractivity contribution < 1.29 is 4.74 Å². The van der Waals surface area contributed by atoms with Gasteiger partial charge in [-0.25, -0.2) is 9.98 Å². The number of nitrogens with one attached hydrogen (secondary N) is 2. The summed E-state index contributed by atoms with van der Waals surface area (Å²) in [4.78, 5) is 8.50. The van der Waals surface area contributed by atoms with Crippen LogP contribution in [0.25, 0.3) is 11.0 Å².